The first-order valence-corrected chi connectivity index (χ1v) is 9.51. The van der Waals surface area contributed by atoms with E-state index in [9.17, 15) is 4.79 Å². The van der Waals surface area contributed by atoms with Crippen LogP contribution in [0.5, 0.6) is 0 Å². The van der Waals surface area contributed by atoms with Crippen molar-refractivity contribution in [1.29, 1.82) is 0 Å². The van der Waals surface area contributed by atoms with Crippen molar-refractivity contribution in [3.05, 3.63) is 81.3 Å². The summed E-state index contributed by atoms with van der Waals surface area (Å²) in [6.07, 6.45) is 0.207. The number of carbonyl (C=O) groups excluding carboxylic acids is 1. The second-order valence-corrected chi connectivity index (χ2v) is 7.46. The van der Waals surface area contributed by atoms with Crippen molar-refractivity contribution in [1.82, 2.24) is 4.98 Å². The third kappa shape index (κ3) is 4.14. The normalized spacial score (nSPS) is 11.0. The summed E-state index contributed by atoms with van der Waals surface area (Å²) >= 11 is 18.1. The number of benzene rings is 3. The second kappa shape index (κ2) is 7.84. The number of nitrogens with zero attached hydrogens (tertiary/aromatic N) is 1. The van der Waals surface area contributed by atoms with Crippen LogP contribution in [0.2, 0.25) is 15.1 Å². The maximum absolute atomic E-state index is 12.4. The Labute approximate surface area is 176 Å². The molecule has 140 valence electrons. The Hall–Kier alpha value is -2.53. The molecule has 4 rings (SSSR count). The van der Waals surface area contributed by atoms with E-state index in [1.165, 1.54) is 0 Å². The van der Waals surface area contributed by atoms with Gasteiger partial charge in [0.15, 0.2) is 5.58 Å². The van der Waals surface area contributed by atoms with Crippen molar-refractivity contribution < 1.29 is 9.21 Å². The minimum Gasteiger partial charge on any atom is -0.436 e. The highest BCUT2D eigenvalue weighted by Crippen LogP contribution is 2.31. The summed E-state index contributed by atoms with van der Waals surface area (Å²) in [5, 5.41) is 4.46. The Kier molecular flexibility index (Phi) is 5.27. The maximum atomic E-state index is 12.4. The molecule has 1 aromatic heterocycles. The number of oxazole rings is 1. The van der Waals surface area contributed by atoms with Crippen LogP contribution in [0.15, 0.2) is 65.1 Å². The summed E-state index contributed by atoms with van der Waals surface area (Å²) in [5.41, 5.74) is 3.32. The maximum Gasteiger partial charge on any atom is 0.228 e. The van der Waals surface area contributed by atoms with Crippen molar-refractivity contribution >= 4 is 57.5 Å². The molecule has 0 aliphatic carbocycles. The summed E-state index contributed by atoms with van der Waals surface area (Å²) in [4.78, 5) is 16.8. The van der Waals surface area contributed by atoms with Gasteiger partial charge in [-0.25, -0.2) is 4.98 Å². The van der Waals surface area contributed by atoms with E-state index in [-0.39, 0.29) is 12.3 Å². The van der Waals surface area contributed by atoms with Gasteiger partial charge in [0.05, 0.1) is 17.1 Å². The number of rotatable bonds is 4. The number of anilines is 1. The fourth-order valence-electron chi connectivity index (χ4n) is 2.76. The van der Waals surface area contributed by atoms with Crippen LogP contribution in [-0.2, 0) is 11.2 Å². The fraction of sp³-hybridized carbons (Fsp3) is 0.0476. The zero-order valence-corrected chi connectivity index (χ0v) is 16.6. The summed E-state index contributed by atoms with van der Waals surface area (Å²) in [6, 6.07) is 17.5. The molecular weight excluding hydrogens is 419 g/mol. The third-order valence-corrected chi connectivity index (χ3v) is 4.93. The van der Waals surface area contributed by atoms with E-state index in [1.807, 2.05) is 12.1 Å². The topological polar surface area (TPSA) is 55.1 Å². The molecule has 7 heteroatoms. The van der Waals surface area contributed by atoms with Crippen LogP contribution in [-0.4, -0.2) is 10.9 Å². The largest absolute Gasteiger partial charge is 0.436 e. The van der Waals surface area contributed by atoms with Crippen LogP contribution in [0.1, 0.15) is 5.56 Å². The molecule has 0 unspecified atom stereocenters. The van der Waals surface area contributed by atoms with E-state index in [4.69, 9.17) is 39.2 Å². The molecule has 0 saturated heterocycles. The average molecular weight is 432 g/mol. The zero-order valence-electron chi connectivity index (χ0n) is 14.4. The molecule has 0 radical (unpaired) electrons. The average Bonchev–Trinajstić information content (AvgIpc) is 3.08. The van der Waals surface area contributed by atoms with Crippen molar-refractivity contribution in [2.24, 2.45) is 0 Å². The first-order chi connectivity index (χ1) is 13.5. The molecule has 1 heterocycles. The van der Waals surface area contributed by atoms with E-state index < -0.39 is 0 Å². The van der Waals surface area contributed by atoms with E-state index >= 15 is 0 Å². The highest BCUT2D eigenvalue weighted by molar-refractivity contribution is 6.34. The summed E-state index contributed by atoms with van der Waals surface area (Å²) in [6.45, 7) is 0. The van der Waals surface area contributed by atoms with Gasteiger partial charge in [0.25, 0.3) is 0 Å². The van der Waals surface area contributed by atoms with Crippen LogP contribution in [0.3, 0.4) is 0 Å². The fourth-order valence-corrected chi connectivity index (χ4v) is 3.22. The van der Waals surface area contributed by atoms with Crippen LogP contribution < -0.4 is 5.32 Å². The molecule has 4 aromatic rings. The lowest BCUT2D eigenvalue weighted by atomic mass is 10.1. The molecule has 0 aliphatic heterocycles. The Morgan fingerprint density at radius 2 is 1.68 bits per heavy atom. The van der Waals surface area contributed by atoms with E-state index in [0.29, 0.717) is 43.3 Å². The number of hydrogen-bond acceptors (Lipinski definition) is 3. The smallest absolute Gasteiger partial charge is 0.228 e. The molecule has 0 fully saturated rings. The van der Waals surface area contributed by atoms with Gasteiger partial charge in [-0.15, -0.1) is 0 Å². The van der Waals surface area contributed by atoms with Crippen LogP contribution in [0, 0.1) is 0 Å². The van der Waals surface area contributed by atoms with Crippen molar-refractivity contribution in [3.8, 4) is 11.5 Å². The van der Waals surface area contributed by atoms with E-state index in [2.05, 4.69) is 10.3 Å². The third-order valence-electron chi connectivity index (χ3n) is 4.11. The molecule has 1 N–H and O–H groups in total. The summed E-state index contributed by atoms with van der Waals surface area (Å²) < 4.78 is 5.78. The Bertz CT molecular complexity index is 1170. The van der Waals surface area contributed by atoms with E-state index in [0.717, 1.165) is 5.56 Å². The first-order valence-electron chi connectivity index (χ1n) is 8.38. The number of hydrogen-bond donors (Lipinski definition) is 1. The second-order valence-electron chi connectivity index (χ2n) is 6.18. The Morgan fingerprint density at radius 3 is 2.46 bits per heavy atom. The molecule has 1 amide bonds. The Balaban J connectivity index is 1.57. The minimum atomic E-state index is -0.189. The quantitative estimate of drug-likeness (QED) is 0.394. The standard InChI is InChI=1S/C21H13Cl3N2O2/c22-14-4-1-12(2-5-14)9-20(27)25-17-10-13(3-7-16(17)24)21-26-18-11-15(23)6-8-19(18)28-21/h1-8,10-11H,9H2,(H,25,27). The van der Waals surface area contributed by atoms with Crippen LogP contribution in [0.25, 0.3) is 22.6 Å². The number of halogens is 3. The van der Waals surface area contributed by atoms with Gasteiger partial charge in [0, 0.05) is 15.6 Å². The van der Waals surface area contributed by atoms with Gasteiger partial charge in [-0.2, -0.15) is 0 Å². The number of aromatic nitrogens is 1. The predicted molar refractivity (Wildman–Crippen MR) is 113 cm³/mol. The van der Waals surface area contributed by atoms with Gasteiger partial charge in [-0.3, -0.25) is 4.79 Å². The highest BCUT2D eigenvalue weighted by Gasteiger charge is 2.13. The van der Waals surface area contributed by atoms with Crippen molar-refractivity contribution in [2.45, 2.75) is 6.42 Å². The van der Waals surface area contributed by atoms with Crippen molar-refractivity contribution in [2.75, 3.05) is 5.32 Å². The van der Waals surface area contributed by atoms with Gasteiger partial charge >= 0.3 is 0 Å². The van der Waals surface area contributed by atoms with Crippen LogP contribution >= 0.6 is 34.8 Å². The number of fused-ring (bicyclic) bond motifs is 1. The first kappa shape index (κ1) is 18.8. The lowest BCUT2D eigenvalue weighted by Gasteiger charge is -2.09. The van der Waals surface area contributed by atoms with E-state index in [1.54, 1.807) is 48.5 Å². The number of nitrogens with one attached hydrogen (secondary N) is 1. The van der Waals surface area contributed by atoms with Crippen LogP contribution in [0.4, 0.5) is 5.69 Å². The molecule has 0 atom stereocenters. The molecule has 0 spiro atoms. The molecule has 0 bridgehead atoms. The number of carbonyl (C=O) groups is 1. The lowest BCUT2D eigenvalue weighted by Crippen LogP contribution is -2.14. The summed E-state index contributed by atoms with van der Waals surface area (Å²) in [7, 11) is 0. The molecule has 28 heavy (non-hydrogen) atoms. The van der Waals surface area contributed by atoms with Gasteiger partial charge in [-0.05, 0) is 54.1 Å². The SMILES string of the molecule is O=C(Cc1ccc(Cl)cc1)Nc1cc(-c2nc3cc(Cl)ccc3o2)ccc1Cl. The zero-order chi connectivity index (χ0) is 19.7. The molecule has 0 saturated carbocycles. The monoisotopic (exact) mass is 430 g/mol. The lowest BCUT2D eigenvalue weighted by molar-refractivity contribution is -0.115. The van der Waals surface area contributed by atoms with Gasteiger partial charge < -0.3 is 9.73 Å². The molecular formula is C21H13Cl3N2O2. The predicted octanol–water partition coefficient (Wildman–Crippen LogP) is 6.64. The number of amides is 1. The Morgan fingerprint density at radius 1 is 0.929 bits per heavy atom. The molecule has 3 aromatic carbocycles. The molecule has 0 aliphatic rings. The van der Waals surface area contributed by atoms with Gasteiger partial charge in [0.2, 0.25) is 11.8 Å². The van der Waals surface area contributed by atoms with Crippen molar-refractivity contribution in [3.63, 3.8) is 0 Å². The minimum absolute atomic E-state index is 0.189. The highest BCUT2D eigenvalue weighted by atomic mass is 35.5. The molecule has 4 nitrogen and oxygen atoms in total. The summed E-state index contributed by atoms with van der Waals surface area (Å²) in [5.74, 6) is 0.229. The van der Waals surface area contributed by atoms with Gasteiger partial charge in [0.1, 0.15) is 5.52 Å². The van der Waals surface area contributed by atoms with Gasteiger partial charge in [-0.1, -0.05) is 46.9 Å².